The van der Waals surface area contributed by atoms with Crippen LogP contribution < -0.4 is 10.6 Å². The summed E-state index contributed by atoms with van der Waals surface area (Å²) in [5.41, 5.74) is 6.23. The lowest BCUT2D eigenvalue weighted by atomic mass is 10.1. The van der Waals surface area contributed by atoms with Gasteiger partial charge in [0.15, 0.2) is 0 Å². The van der Waals surface area contributed by atoms with E-state index in [0.717, 1.165) is 28.2 Å². The van der Waals surface area contributed by atoms with Gasteiger partial charge in [0.1, 0.15) is 12.1 Å². The number of nitrogens with zero attached hydrogens (tertiary/aromatic N) is 2. The number of aromatic nitrogens is 2. The minimum absolute atomic E-state index is 0.156. The van der Waals surface area contributed by atoms with E-state index in [0.29, 0.717) is 11.4 Å². The van der Waals surface area contributed by atoms with E-state index in [1.807, 2.05) is 61.5 Å². The fourth-order valence-corrected chi connectivity index (χ4v) is 3.10. The van der Waals surface area contributed by atoms with Crippen LogP contribution in [0.25, 0.3) is 11.3 Å². The van der Waals surface area contributed by atoms with E-state index in [2.05, 4.69) is 39.7 Å². The van der Waals surface area contributed by atoms with Gasteiger partial charge in [-0.15, -0.1) is 0 Å². The molecule has 1 aromatic heterocycles. The number of hydrogen-bond donors (Lipinski definition) is 2. The normalized spacial score (nSPS) is 10.5. The molecule has 0 spiro atoms. The van der Waals surface area contributed by atoms with Crippen LogP contribution in [0.1, 0.15) is 21.5 Å². The van der Waals surface area contributed by atoms with Crippen molar-refractivity contribution in [1.29, 1.82) is 0 Å². The molecule has 1 heterocycles. The van der Waals surface area contributed by atoms with Crippen LogP contribution in [0.2, 0.25) is 0 Å². The minimum Gasteiger partial charge on any atom is -0.340 e. The summed E-state index contributed by atoms with van der Waals surface area (Å²) < 4.78 is 0. The van der Waals surface area contributed by atoms with Crippen molar-refractivity contribution in [2.75, 3.05) is 10.6 Å². The Hall–Kier alpha value is -3.99. The number of carbonyl (C=O) groups excluding carboxylic acids is 1. The Morgan fingerprint density at radius 2 is 1.63 bits per heavy atom. The molecule has 3 aromatic carbocycles. The Kier molecular flexibility index (Phi) is 5.52. The molecule has 0 unspecified atom stereocenters. The predicted molar refractivity (Wildman–Crippen MR) is 121 cm³/mol. The number of rotatable bonds is 5. The number of aryl methyl sites for hydroxylation is 2. The van der Waals surface area contributed by atoms with Crippen LogP contribution >= 0.6 is 0 Å². The predicted octanol–water partition coefficient (Wildman–Crippen LogP) is 5.76. The number of anilines is 3. The van der Waals surface area contributed by atoms with Crippen molar-refractivity contribution in [1.82, 2.24) is 9.97 Å². The average molecular weight is 394 g/mol. The Labute approximate surface area is 175 Å². The molecule has 4 rings (SSSR count). The maximum atomic E-state index is 12.7. The molecule has 0 fully saturated rings. The first-order chi connectivity index (χ1) is 14.6. The first kappa shape index (κ1) is 19.3. The SMILES string of the molecule is Cc1ccc(-c2cc(Nc3cccc(C(=O)Nc4ccccc4C)c3)ncn2)cc1. The Bertz CT molecular complexity index is 1190. The molecule has 0 radical (unpaired) electrons. The first-order valence-electron chi connectivity index (χ1n) is 9.72. The van der Waals surface area contributed by atoms with Gasteiger partial charge in [0.05, 0.1) is 5.69 Å². The quantitative estimate of drug-likeness (QED) is 0.452. The summed E-state index contributed by atoms with van der Waals surface area (Å²) >= 11 is 0. The van der Waals surface area contributed by atoms with E-state index < -0.39 is 0 Å². The summed E-state index contributed by atoms with van der Waals surface area (Å²) in [6.45, 7) is 4.02. The summed E-state index contributed by atoms with van der Waals surface area (Å²) in [6, 6.07) is 25.1. The van der Waals surface area contributed by atoms with Crippen molar-refractivity contribution >= 4 is 23.1 Å². The maximum Gasteiger partial charge on any atom is 0.255 e. The highest BCUT2D eigenvalue weighted by molar-refractivity contribution is 6.05. The van der Waals surface area contributed by atoms with Crippen LogP contribution in [0.15, 0.2) is 85.2 Å². The van der Waals surface area contributed by atoms with Crippen molar-refractivity contribution in [3.05, 3.63) is 102 Å². The zero-order valence-corrected chi connectivity index (χ0v) is 16.9. The van der Waals surface area contributed by atoms with Crippen LogP contribution in [0.3, 0.4) is 0 Å². The van der Waals surface area contributed by atoms with Crippen molar-refractivity contribution in [3.8, 4) is 11.3 Å². The van der Waals surface area contributed by atoms with Crippen molar-refractivity contribution < 1.29 is 4.79 Å². The van der Waals surface area contributed by atoms with Gasteiger partial charge in [-0.1, -0.05) is 54.1 Å². The van der Waals surface area contributed by atoms with E-state index in [1.165, 1.54) is 11.9 Å². The van der Waals surface area contributed by atoms with Gasteiger partial charge in [0.25, 0.3) is 5.91 Å². The third kappa shape index (κ3) is 4.52. The minimum atomic E-state index is -0.156. The van der Waals surface area contributed by atoms with Gasteiger partial charge in [0.2, 0.25) is 0 Å². The summed E-state index contributed by atoms with van der Waals surface area (Å²) in [6.07, 6.45) is 1.53. The first-order valence-corrected chi connectivity index (χ1v) is 9.72. The number of para-hydroxylation sites is 1. The highest BCUT2D eigenvalue weighted by Crippen LogP contribution is 2.22. The van der Waals surface area contributed by atoms with E-state index in [4.69, 9.17) is 0 Å². The fourth-order valence-electron chi connectivity index (χ4n) is 3.10. The van der Waals surface area contributed by atoms with Gasteiger partial charge in [0, 0.05) is 28.6 Å². The number of carbonyl (C=O) groups is 1. The van der Waals surface area contributed by atoms with Gasteiger partial charge in [-0.2, -0.15) is 0 Å². The van der Waals surface area contributed by atoms with Crippen LogP contribution in [-0.4, -0.2) is 15.9 Å². The lowest BCUT2D eigenvalue weighted by Crippen LogP contribution is -2.12. The van der Waals surface area contributed by atoms with Crippen LogP contribution in [-0.2, 0) is 0 Å². The maximum absolute atomic E-state index is 12.7. The Balaban J connectivity index is 1.52. The lowest BCUT2D eigenvalue weighted by molar-refractivity contribution is 0.102. The molecular weight excluding hydrogens is 372 g/mol. The Morgan fingerprint density at radius 3 is 2.43 bits per heavy atom. The van der Waals surface area contributed by atoms with Crippen LogP contribution in [0.5, 0.6) is 0 Å². The Morgan fingerprint density at radius 1 is 0.833 bits per heavy atom. The second-order valence-corrected chi connectivity index (χ2v) is 7.13. The third-order valence-corrected chi connectivity index (χ3v) is 4.80. The van der Waals surface area contributed by atoms with Crippen molar-refractivity contribution in [3.63, 3.8) is 0 Å². The van der Waals surface area contributed by atoms with Gasteiger partial charge in [-0.05, 0) is 43.7 Å². The van der Waals surface area contributed by atoms with E-state index in [1.54, 1.807) is 12.1 Å². The van der Waals surface area contributed by atoms with Gasteiger partial charge in [-0.3, -0.25) is 4.79 Å². The lowest BCUT2D eigenvalue weighted by Gasteiger charge is -2.10. The summed E-state index contributed by atoms with van der Waals surface area (Å²) in [7, 11) is 0. The third-order valence-electron chi connectivity index (χ3n) is 4.80. The number of nitrogens with one attached hydrogen (secondary N) is 2. The van der Waals surface area contributed by atoms with Gasteiger partial charge in [-0.25, -0.2) is 9.97 Å². The van der Waals surface area contributed by atoms with Crippen molar-refractivity contribution in [2.24, 2.45) is 0 Å². The van der Waals surface area contributed by atoms with E-state index in [-0.39, 0.29) is 5.91 Å². The molecule has 0 aliphatic carbocycles. The zero-order valence-electron chi connectivity index (χ0n) is 16.9. The molecule has 2 N–H and O–H groups in total. The smallest absolute Gasteiger partial charge is 0.255 e. The molecule has 0 aliphatic rings. The second kappa shape index (κ2) is 8.57. The van der Waals surface area contributed by atoms with Crippen molar-refractivity contribution in [2.45, 2.75) is 13.8 Å². The average Bonchev–Trinajstić information content (AvgIpc) is 2.76. The zero-order chi connectivity index (χ0) is 20.9. The van der Waals surface area contributed by atoms with Crippen LogP contribution in [0, 0.1) is 13.8 Å². The summed E-state index contributed by atoms with van der Waals surface area (Å²) in [5.74, 6) is 0.507. The van der Waals surface area contributed by atoms with Crippen LogP contribution in [0.4, 0.5) is 17.2 Å². The topological polar surface area (TPSA) is 66.9 Å². The molecule has 0 aliphatic heterocycles. The molecule has 0 bridgehead atoms. The molecule has 148 valence electrons. The molecular formula is C25H22N4O. The molecule has 30 heavy (non-hydrogen) atoms. The number of benzene rings is 3. The summed E-state index contributed by atoms with van der Waals surface area (Å²) in [5, 5.41) is 6.23. The molecule has 5 nitrogen and oxygen atoms in total. The second-order valence-electron chi connectivity index (χ2n) is 7.13. The fraction of sp³-hybridized carbons (Fsp3) is 0.0800. The molecule has 4 aromatic rings. The van der Waals surface area contributed by atoms with E-state index in [9.17, 15) is 4.79 Å². The molecule has 5 heteroatoms. The molecule has 0 atom stereocenters. The molecule has 0 saturated carbocycles. The highest BCUT2D eigenvalue weighted by atomic mass is 16.1. The number of amides is 1. The molecule has 1 amide bonds. The standard InChI is InChI=1S/C25H22N4O/c1-17-10-12-19(13-11-17)23-15-24(27-16-26-23)28-21-8-5-7-20(14-21)25(30)29-22-9-4-3-6-18(22)2/h3-16H,1-2H3,(H,29,30)(H,26,27,28). The monoisotopic (exact) mass is 394 g/mol. The van der Waals surface area contributed by atoms with Gasteiger partial charge >= 0.3 is 0 Å². The van der Waals surface area contributed by atoms with Gasteiger partial charge < -0.3 is 10.6 Å². The number of hydrogen-bond acceptors (Lipinski definition) is 4. The van der Waals surface area contributed by atoms with E-state index >= 15 is 0 Å². The molecule has 0 saturated heterocycles. The highest BCUT2D eigenvalue weighted by Gasteiger charge is 2.09. The summed E-state index contributed by atoms with van der Waals surface area (Å²) in [4.78, 5) is 21.3. The largest absolute Gasteiger partial charge is 0.340 e.